The number of nitrogens with one attached hydrogen (secondary N) is 1. The Labute approximate surface area is 85.3 Å². The van der Waals surface area contributed by atoms with Gasteiger partial charge in [0.2, 0.25) is 0 Å². The van der Waals surface area contributed by atoms with Crippen molar-refractivity contribution in [2.45, 2.75) is 32.4 Å². The summed E-state index contributed by atoms with van der Waals surface area (Å²) in [5.74, 6) is -0.604. The van der Waals surface area contributed by atoms with Gasteiger partial charge in [-0.2, -0.15) is 0 Å². The van der Waals surface area contributed by atoms with Crippen LogP contribution in [0.4, 0.5) is 0 Å². The van der Waals surface area contributed by atoms with Gasteiger partial charge in [0.15, 0.2) is 0 Å². The van der Waals surface area contributed by atoms with E-state index in [4.69, 9.17) is 5.11 Å². The average Bonchev–Trinajstić information content (AvgIpc) is 2.46. The number of rotatable bonds is 4. The number of carbonyl (C=O) groups is 1. The molecule has 14 heavy (non-hydrogen) atoms. The molecule has 1 rings (SSSR count). The Morgan fingerprint density at radius 3 is 2.57 bits per heavy atom. The van der Waals surface area contributed by atoms with Gasteiger partial charge in [0.25, 0.3) is 0 Å². The summed E-state index contributed by atoms with van der Waals surface area (Å²) >= 11 is 0. The van der Waals surface area contributed by atoms with Gasteiger partial charge in [-0.3, -0.25) is 4.79 Å². The van der Waals surface area contributed by atoms with E-state index >= 15 is 0 Å². The Balaban J connectivity index is 2.44. The minimum Gasteiger partial charge on any atom is -0.480 e. The summed E-state index contributed by atoms with van der Waals surface area (Å²) < 4.78 is 0. The first kappa shape index (κ1) is 11.5. The Bertz CT molecular complexity index is 206. The number of carboxylic acids is 1. The van der Waals surface area contributed by atoms with E-state index in [0.717, 1.165) is 19.5 Å². The lowest BCUT2D eigenvalue weighted by Gasteiger charge is -2.22. The molecule has 2 unspecified atom stereocenters. The van der Waals surface area contributed by atoms with Crippen LogP contribution in [0.5, 0.6) is 0 Å². The van der Waals surface area contributed by atoms with Gasteiger partial charge in [0.05, 0.1) is 0 Å². The van der Waals surface area contributed by atoms with E-state index in [0.29, 0.717) is 6.04 Å². The van der Waals surface area contributed by atoms with Crippen LogP contribution in [0.25, 0.3) is 0 Å². The molecule has 2 atom stereocenters. The van der Waals surface area contributed by atoms with Crippen molar-refractivity contribution in [1.29, 1.82) is 0 Å². The molecule has 0 saturated carbocycles. The molecule has 0 radical (unpaired) electrons. The number of likely N-dealkylation sites (N-methyl/N-ethyl adjacent to an activating group) is 1. The van der Waals surface area contributed by atoms with Gasteiger partial charge in [-0.15, -0.1) is 0 Å². The van der Waals surface area contributed by atoms with Crippen molar-refractivity contribution in [3.05, 3.63) is 0 Å². The summed E-state index contributed by atoms with van der Waals surface area (Å²) in [6, 6.07) is -0.0741. The minimum absolute atomic E-state index is 0.137. The number of hydrogen-bond acceptors (Lipinski definition) is 3. The number of likely N-dealkylation sites (tertiary alicyclic amines) is 1. The molecule has 0 aromatic heterocycles. The Morgan fingerprint density at radius 2 is 2.21 bits per heavy atom. The highest BCUT2D eigenvalue weighted by atomic mass is 16.4. The van der Waals surface area contributed by atoms with E-state index in [1.807, 2.05) is 13.8 Å². The van der Waals surface area contributed by atoms with E-state index in [1.165, 1.54) is 0 Å². The van der Waals surface area contributed by atoms with Crippen molar-refractivity contribution in [2.24, 2.45) is 5.92 Å². The van der Waals surface area contributed by atoms with Crippen LogP contribution in [0.2, 0.25) is 0 Å². The SMILES string of the molecule is CC(C)C(NC1CCN(C)C1)C(=O)O. The van der Waals surface area contributed by atoms with Gasteiger partial charge in [-0.25, -0.2) is 0 Å². The van der Waals surface area contributed by atoms with Crippen LogP contribution in [0.3, 0.4) is 0 Å². The monoisotopic (exact) mass is 200 g/mol. The van der Waals surface area contributed by atoms with E-state index in [2.05, 4.69) is 17.3 Å². The number of nitrogens with zero attached hydrogens (tertiary/aromatic N) is 1. The van der Waals surface area contributed by atoms with Crippen LogP contribution < -0.4 is 5.32 Å². The summed E-state index contributed by atoms with van der Waals surface area (Å²) in [5, 5.41) is 12.2. The van der Waals surface area contributed by atoms with E-state index in [-0.39, 0.29) is 5.92 Å². The third-order valence-corrected chi connectivity index (χ3v) is 2.74. The lowest BCUT2D eigenvalue weighted by Crippen LogP contribution is -2.47. The van der Waals surface area contributed by atoms with Gasteiger partial charge in [-0.1, -0.05) is 13.8 Å². The highest BCUT2D eigenvalue weighted by Gasteiger charge is 2.27. The maximum absolute atomic E-state index is 10.9. The molecule has 0 aromatic carbocycles. The van der Waals surface area contributed by atoms with Crippen molar-refractivity contribution < 1.29 is 9.90 Å². The predicted octanol–water partition coefficient (Wildman–Crippen LogP) is 0.389. The van der Waals surface area contributed by atoms with Crippen molar-refractivity contribution >= 4 is 5.97 Å². The smallest absolute Gasteiger partial charge is 0.320 e. The molecule has 1 aliphatic heterocycles. The summed E-state index contributed by atoms with van der Waals surface area (Å²) in [5.41, 5.74) is 0. The van der Waals surface area contributed by atoms with E-state index < -0.39 is 12.0 Å². The Kier molecular flexibility index (Phi) is 3.89. The Morgan fingerprint density at radius 1 is 1.57 bits per heavy atom. The molecule has 0 spiro atoms. The van der Waals surface area contributed by atoms with E-state index in [1.54, 1.807) is 0 Å². The lowest BCUT2D eigenvalue weighted by atomic mass is 10.0. The molecule has 0 aliphatic carbocycles. The maximum Gasteiger partial charge on any atom is 0.320 e. The van der Waals surface area contributed by atoms with Gasteiger partial charge in [-0.05, 0) is 25.9 Å². The quantitative estimate of drug-likeness (QED) is 0.689. The molecule has 4 nitrogen and oxygen atoms in total. The van der Waals surface area contributed by atoms with Crippen LogP contribution in [0, 0.1) is 5.92 Å². The molecular weight excluding hydrogens is 180 g/mol. The van der Waals surface area contributed by atoms with Crippen molar-refractivity contribution in [1.82, 2.24) is 10.2 Å². The van der Waals surface area contributed by atoms with Crippen LogP contribution in [-0.2, 0) is 4.79 Å². The third kappa shape index (κ3) is 2.96. The number of carboxylic acid groups (broad SMARTS) is 1. The fraction of sp³-hybridized carbons (Fsp3) is 0.900. The highest BCUT2D eigenvalue weighted by Crippen LogP contribution is 2.10. The molecule has 1 aliphatic rings. The second-order valence-corrected chi connectivity index (χ2v) is 4.47. The van der Waals surface area contributed by atoms with Crippen LogP contribution in [0.15, 0.2) is 0 Å². The summed E-state index contributed by atoms with van der Waals surface area (Å²) in [4.78, 5) is 13.2. The first-order chi connectivity index (χ1) is 6.50. The Hall–Kier alpha value is -0.610. The standard InChI is InChI=1S/C10H20N2O2/c1-7(2)9(10(13)14)11-8-4-5-12(3)6-8/h7-9,11H,4-6H2,1-3H3,(H,13,14). The molecule has 0 amide bonds. The van der Waals surface area contributed by atoms with Gasteiger partial charge < -0.3 is 15.3 Å². The second kappa shape index (κ2) is 4.75. The highest BCUT2D eigenvalue weighted by molar-refractivity contribution is 5.73. The predicted molar refractivity (Wildman–Crippen MR) is 55.3 cm³/mol. The molecule has 82 valence electrons. The molecule has 4 heteroatoms. The normalized spacial score (nSPS) is 25.6. The van der Waals surface area contributed by atoms with Crippen molar-refractivity contribution in [3.8, 4) is 0 Å². The number of hydrogen-bond donors (Lipinski definition) is 2. The largest absolute Gasteiger partial charge is 0.480 e. The lowest BCUT2D eigenvalue weighted by molar-refractivity contribution is -0.140. The molecule has 0 aromatic rings. The van der Waals surface area contributed by atoms with Gasteiger partial charge >= 0.3 is 5.97 Å². The van der Waals surface area contributed by atoms with Crippen LogP contribution in [0.1, 0.15) is 20.3 Å². The molecule has 0 bridgehead atoms. The zero-order chi connectivity index (χ0) is 10.7. The zero-order valence-electron chi connectivity index (χ0n) is 9.16. The van der Waals surface area contributed by atoms with Crippen molar-refractivity contribution in [3.63, 3.8) is 0 Å². The topological polar surface area (TPSA) is 52.6 Å². The fourth-order valence-electron chi connectivity index (χ4n) is 1.87. The van der Waals surface area contributed by atoms with Gasteiger partial charge in [0.1, 0.15) is 6.04 Å². The maximum atomic E-state index is 10.9. The number of aliphatic carboxylic acids is 1. The summed E-state index contributed by atoms with van der Waals surface area (Å²) in [7, 11) is 2.06. The molecule has 2 N–H and O–H groups in total. The van der Waals surface area contributed by atoms with Crippen LogP contribution >= 0.6 is 0 Å². The molecule has 1 fully saturated rings. The van der Waals surface area contributed by atoms with Gasteiger partial charge in [0, 0.05) is 12.6 Å². The molecular formula is C10H20N2O2. The third-order valence-electron chi connectivity index (χ3n) is 2.74. The minimum atomic E-state index is -0.741. The summed E-state index contributed by atoms with van der Waals surface area (Å²) in [6.45, 7) is 5.88. The van der Waals surface area contributed by atoms with Crippen molar-refractivity contribution in [2.75, 3.05) is 20.1 Å². The molecule has 1 heterocycles. The first-order valence-electron chi connectivity index (χ1n) is 5.18. The molecule has 1 saturated heterocycles. The first-order valence-corrected chi connectivity index (χ1v) is 5.18. The van der Waals surface area contributed by atoms with E-state index in [9.17, 15) is 4.79 Å². The fourth-order valence-corrected chi connectivity index (χ4v) is 1.87. The van der Waals surface area contributed by atoms with Crippen LogP contribution in [-0.4, -0.2) is 48.2 Å². The zero-order valence-corrected chi connectivity index (χ0v) is 9.16. The summed E-state index contributed by atoms with van der Waals surface area (Å²) in [6.07, 6.45) is 1.05. The second-order valence-electron chi connectivity index (χ2n) is 4.47. The average molecular weight is 200 g/mol.